The van der Waals surface area contributed by atoms with Crippen molar-refractivity contribution in [2.45, 2.75) is 26.7 Å². The average molecular weight is 311 g/mol. The smallest absolute Gasteiger partial charge is 0.269 e. The van der Waals surface area contributed by atoms with Gasteiger partial charge in [0.1, 0.15) is 5.69 Å². The number of carbonyl (C=O) groups is 1. The van der Waals surface area contributed by atoms with Gasteiger partial charge in [0.2, 0.25) is 0 Å². The predicted octanol–water partition coefficient (Wildman–Crippen LogP) is 3.51. The first-order valence-corrected chi connectivity index (χ1v) is 8.17. The predicted molar refractivity (Wildman–Crippen MR) is 94.7 cm³/mol. The van der Waals surface area contributed by atoms with Crippen LogP contribution < -0.4 is 10.6 Å². The highest BCUT2D eigenvalue weighted by molar-refractivity contribution is 5.92. The van der Waals surface area contributed by atoms with Gasteiger partial charge in [-0.3, -0.25) is 4.79 Å². The van der Waals surface area contributed by atoms with Gasteiger partial charge in [-0.1, -0.05) is 44.2 Å². The quantitative estimate of drug-likeness (QED) is 0.734. The van der Waals surface area contributed by atoms with E-state index in [1.54, 1.807) is 12.3 Å². The molecule has 4 nitrogen and oxygen atoms in total. The van der Waals surface area contributed by atoms with Crippen LogP contribution in [-0.4, -0.2) is 24.0 Å². The van der Waals surface area contributed by atoms with Gasteiger partial charge >= 0.3 is 0 Å². The van der Waals surface area contributed by atoms with E-state index in [0.717, 1.165) is 25.1 Å². The summed E-state index contributed by atoms with van der Waals surface area (Å²) in [5, 5.41) is 6.20. The zero-order chi connectivity index (χ0) is 16.5. The van der Waals surface area contributed by atoms with Crippen LogP contribution in [0.5, 0.6) is 0 Å². The first-order chi connectivity index (χ1) is 11.1. The molecule has 4 heteroatoms. The van der Waals surface area contributed by atoms with Crippen molar-refractivity contribution in [1.29, 1.82) is 0 Å². The minimum absolute atomic E-state index is 0.117. The molecule has 0 atom stereocenters. The fourth-order valence-corrected chi connectivity index (χ4v) is 2.18. The first-order valence-electron chi connectivity index (χ1n) is 8.17. The van der Waals surface area contributed by atoms with E-state index < -0.39 is 0 Å². The van der Waals surface area contributed by atoms with Crippen LogP contribution in [0.3, 0.4) is 0 Å². The number of anilines is 1. The van der Waals surface area contributed by atoms with Gasteiger partial charge in [0.15, 0.2) is 0 Å². The number of hydrogen-bond donors (Lipinski definition) is 2. The van der Waals surface area contributed by atoms with Gasteiger partial charge in [0, 0.05) is 13.1 Å². The van der Waals surface area contributed by atoms with Crippen molar-refractivity contribution < 1.29 is 4.79 Å². The van der Waals surface area contributed by atoms with E-state index >= 15 is 0 Å². The Hall–Kier alpha value is -2.36. The van der Waals surface area contributed by atoms with E-state index in [0.29, 0.717) is 18.2 Å². The van der Waals surface area contributed by atoms with Crippen LogP contribution in [0.15, 0.2) is 48.7 Å². The zero-order valence-electron chi connectivity index (χ0n) is 13.9. The Morgan fingerprint density at radius 2 is 1.91 bits per heavy atom. The first kappa shape index (κ1) is 17.0. The Kier molecular flexibility index (Phi) is 6.60. The van der Waals surface area contributed by atoms with Crippen LogP contribution >= 0.6 is 0 Å². The molecular formula is C19H25N3O. The van der Waals surface area contributed by atoms with Crippen LogP contribution in [0.25, 0.3) is 0 Å². The second kappa shape index (κ2) is 8.93. The third-order valence-corrected chi connectivity index (χ3v) is 3.48. The van der Waals surface area contributed by atoms with Crippen molar-refractivity contribution in [3.63, 3.8) is 0 Å². The third kappa shape index (κ3) is 6.10. The van der Waals surface area contributed by atoms with Crippen LogP contribution in [-0.2, 0) is 6.42 Å². The summed E-state index contributed by atoms with van der Waals surface area (Å²) in [5.41, 5.74) is 2.69. The van der Waals surface area contributed by atoms with Crippen LogP contribution in [0.1, 0.15) is 36.3 Å². The van der Waals surface area contributed by atoms with Crippen LogP contribution in [0.2, 0.25) is 0 Å². The molecule has 1 amide bonds. The van der Waals surface area contributed by atoms with Gasteiger partial charge in [-0.25, -0.2) is 4.98 Å². The van der Waals surface area contributed by atoms with Gasteiger partial charge in [0.25, 0.3) is 5.91 Å². The van der Waals surface area contributed by atoms with E-state index in [9.17, 15) is 4.79 Å². The fourth-order valence-electron chi connectivity index (χ4n) is 2.18. The third-order valence-electron chi connectivity index (χ3n) is 3.48. The number of aryl methyl sites for hydroxylation is 1. The van der Waals surface area contributed by atoms with Crippen molar-refractivity contribution in [2.24, 2.45) is 5.92 Å². The molecule has 0 fully saturated rings. The van der Waals surface area contributed by atoms with E-state index in [-0.39, 0.29) is 5.91 Å². The molecule has 2 rings (SSSR count). The second-order valence-electron chi connectivity index (χ2n) is 6.05. The monoisotopic (exact) mass is 311 g/mol. The Bertz CT molecular complexity index is 594. The number of pyridine rings is 1. The number of carbonyl (C=O) groups excluding carboxylic acids is 1. The summed E-state index contributed by atoms with van der Waals surface area (Å²) < 4.78 is 0. The number of amides is 1. The number of aromatic nitrogens is 1. The van der Waals surface area contributed by atoms with E-state index in [4.69, 9.17) is 0 Å². The van der Waals surface area contributed by atoms with E-state index in [2.05, 4.69) is 41.6 Å². The SMILES string of the molecule is CC(C)CNc1ccc(C(=O)NCCCc2ccccc2)nc1. The molecule has 1 aromatic heterocycles. The maximum absolute atomic E-state index is 12.0. The van der Waals surface area contributed by atoms with Crippen molar-refractivity contribution in [1.82, 2.24) is 10.3 Å². The summed E-state index contributed by atoms with van der Waals surface area (Å²) in [6.07, 6.45) is 3.59. The Morgan fingerprint density at radius 3 is 2.57 bits per heavy atom. The summed E-state index contributed by atoms with van der Waals surface area (Å²) in [6.45, 7) is 5.85. The molecule has 0 radical (unpaired) electrons. The maximum atomic E-state index is 12.0. The van der Waals surface area contributed by atoms with Gasteiger partial charge in [-0.05, 0) is 36.5 Å². The van der Waals surface area contributed by atoms with Crippen molar-refractivity contribution in [2.75, 3.05) is 18.4 Å². The van der Waals surface area contributed by atoms with E-state index in [1.807, 2.05) is 24.3 Å². The molecule has 0 saturated carbocycles. The zero-order valence-corrected chi connectivity index (χ0v) is 13.9. The van der Waals surface area contributed by atoms with Gasteiger partial charge < -0.3 is 10.6 Å². The van der Waals surface area contributed by atoms with Gasteiger partial charge in [-0.2, -0.15) is 0 Å². The lowest BCUT2D eigenvalue weighted by Crippen LogP contribution is -2.25. The Labute approximate surface area is 138 Å². The standard InChI is InChI=1S/C19H25N3O/c1-15(2)13-21-17-10-11-18(22-14-17)19(23)20-12-6-9-16-7-4-3-5-8-16/h3-5,7-8,10-11,14-15,21H,6,9,12-13H2,1-2H3,(H,20,23). The highest BCUT2D eigenvalue weighted by Crippen LogP contribution is 2.07. The number of nitrogens with zero attached hydrogens (tertiary/aromatic N) is 1. The molecule has 0 spiro atoms. The highest BCUT2D eigenvalue weighted by atomic mass is 16.1. The van der Waals surface area contributed by atoms with Gasteiger partial charge in [-0.15, -0.1) is 0 Å². The van der Waals surface area contributed by atoms with Crippen LogP contribution in [0, 0.1) is 5.92 Å². The molecule has 0 bridgehead atoms. The number of benzene rings is 1. The molecule has 23 heavy (non-hydrogen) atoms. The highest BCUT2D eigenvalue weighted by Gasteiger charge is 2.06. The van der Waals surface area contributed by atoms with Crippen molar-refractivity contribution in [3.05, 3.63) is 59.9 Å². The Morgan fingerprint density at radius 1 is 1.13 bits per heavy atom. The average Bonchev–Trinajstić information content (AvgIpc) is 2.58. The lowest BCUT2D eigenvalue weighted by molar-refractivity contribution is 0.0948. The summed E-state index contributed by atoms with van der Waals surface area (Å²) in [7, 11) is 0. The topological polar surface area (TPSA) is 54.0 Å². The molecule has 122 valence electrons. The Balaban J connectivity index is 1.72. The normalized spacial score (nSPS) is 10.6. The molecule has 0 aliphatic rings. The van der Waals surface area contributed by atoms with E-state index in [1.165, 1.54) is 5.56 Å². The minimum Gasteiger partial charge on any atom is -0.384 e. The van der Waals surface area contributed by atoms with Gasteiger partial charge in [0.05, 0.1) is 11.9 Å². The summed E-state index contributed by atoms with van der Waals surface area (Å²) in [5.74, 6) is 0.455. The molecule has 1 heterocycles. The number of nitrogens with one attached hydrogen (secondary N) is 2. The number of hydrogen-bond acceptors (Lipinski definition) is 3. The van der Waals surface area contributed by atoms with Crippen molar-refractivity contribution in [3.8, 4) is 0 Å². The largest absolute Gasteiger partial charge is 0.384 e. The molecule has 0 aliphatic carbocycles. The molecule has 0 aliphatic heterocycles. The second-order valence-corrected chi connectivity index (χ2v) is 6.05. The summed E-state index contributed by atoms with van der Waals surface area (Å²) in [6, 6.07) is 13.9. The molecule has 0 unspecified atom stereocenters. The molecule has 2 aromatic rings. The maximum Gasteiger partial charge on any atom is 0.269 e. The minimum atomic E-state index is -0.117. The summed E-state index contributed by atoms with van der Waals surface area (Å²) in [4.78, 5) is 16.3. The molecule has 1 aromatic carbocycles. The van der Waals surface area contributed by atoms with Crippen LogP contribution in [0.4, 0.5) is 5.69 Å². The lowest BCUT2D eigenvalue weighted by Gasteiger charge is -2.09. The lowest BCUT2D eigenvalue weighted by atomic mass is 10.1. The molecule has 2 N–H and O–H groups in total. The number of rotatable bonds is 8. The van der Waals surface area contributed by atoms with Crippen molar-refractivity contribution >= 4 is 11.6 Å². The summed E-state index contributed by atoms with van der Waals surface area (Å²) >= 11 is 0. The molecular weight excluding hydrogens is 286 g/mol. The molecule has 0 saturated heterocycles. The fraction of sp³-hybridized carbons (Fsp3) is 0.368.